The highest BCUT2D eigenvalue weighted by Gasteiger charge is 1.83. The van der Waals surface area contributed by atoms with E-state index in [2.05, 4.69) is 15.9 Å². The van der Waals surface area contributed by atoms with Crippen molar-refractivity contribution < 1.29 is 4.79 Å². The van der Waals surface area contributed by atoms with Gasteiger partial charge in [0.1, 0.15) is 6.29 Å². The fourth-order valence-electron chi connectivity index (χ4n) is 0.685. The van der Waals surface area contributed by atoms with Crippen molar-refractivity contribution in [2.75, 3.05) is 5.33 Å². The summed E-state index contributed by atoms with van der Waals surface area (Å²) >= 11 is 3.36. The number of allylic oxidation sites excluding steroid dienone is 2. The Morgan fingerprint density at radius 1 is 1.20 bits per heavy atom. The molecule has 0 aromatic heterocycles. The smallest absolute Gasteiger partial charge is 0.142 e. The van der Waals surface area contributed by atoms with Crippen molar-refractivity contribution in [3.05, 3.63) is 12.2 Å². The summed E-state index contributed by atoms with van der Waals surface area (Å²) in [6.07, 6.45) is 9.00. The van der Waals surface area contributed by atoms with Crippen LogP contribution in [0.15, 0.2) is 12.2 Å². The second-order valence-corrected chi connectivity index (χ2v) is 2.90. The summed E-state index contributed by atoms with van der Waals surface area (Å²) in [6.45, 7) is 0. The standard InChI is InChI=1S/C8H13BrO/c9-7-5-3-1-2-4-6-8-10/h4,6,8H,1-3,5,7H2/b6-4+. The number of halogens is 1. The normalized spacial score (nSPS) is 10.5. The number of hydrogen-bond acceptors (Lipinski definition) is 1. The maximum Gasteiger partial charge on any atom is 0.142 e. The Bertz CT molecular complexity index is 99.4. The van der Waals surface area contributed by atoms with Gasteiger partial charge in [0.2, 0.25) is 0 Å². The molecule has 1 nitrogen and oxygen atoms in total. The number of hydrogen-bond donors (Lipinski definition) is 0. The molecule has 0 rings (SSSR count). The van der Waals surface area contributed by atoms with Crippen LogP contribution in [0.1, 0.15) is 25.7 Å². The summed E-state index contributed by atoms with van der Waals surface area (Å²) < 4.78 is 0. The summed E-state index contributed by atoms with van der Waals surface area (Å²) in [5.74, 6) is 0. The quantitative estimate of drug-likeness (QED) is 0.282. The molecule has 0 saturated carbocycles. The maximum atomic E-state index is 9.80. The van der Waals surface area contributed by atoms with Gasteiger partial charge in [0, 0.05) is 5.33 Å². The molecule has 0 amide bonds. The predicted octanol–water partition coefficient (Wildman–Crippen LogP) is 2.70. The van der Waals surface area contributed by atoms with Crippen LogP contribution in [0.3, 0.4) is 0 Å². The Balaban J connectivity index is 2.90. The van der Waals surface area contributed by atoms with Crippen molar-refractivity contribution in [1.29, 1.82) is 0 Å². The van der Waals surface area contributed by atoms with Crippen LogP contribution in [0, 0.1) is 0 Å². The molecule has 0 aliphatic carbocycles. The van der Waals surface area contributed by atoms with Gasteiger partial charge in [0.25, 0.3) is 0 Å². The lowest BCUT2D eigenvalue weighted by Crippen LogP contribution is -1.75. The Kier molecular flexibility index (Phi) is 8.79. The van der Waals surface area contributed by atoms with Crippen LogP contribution >= 0.6 is 15.9 Å². The minimum absolute atomic E-state index is 0.824. The van der Waals surface area contributed by atoms with Crippen molar-refractivity contribution in [2.24, 2.45) is 0 Å². The summed E-state index contributed by atoms with van der Waals surface area (Å²) in [5, 5.41) is 1.09. The molecule has 2 heteroatoms. The first kappa shape index (κ1) is 9.89. The Morgan fingerprint density at radius 3 is 2.60 bits per heavy atom. The van der Waals surface area contributed by atoms with Crippen molar-refractivity contribution >= 4 is 22.2 Å². The maximum absolute atomic E-state index is 9.80. The molecule has 0 atom stereocenters. The summed E-state index contributed by atoms with van der Waals surface area (Å²) in [5.41, 5.74) is 0. The highest BCUT2D eigenvalue weighted by molar-refractivity contribution is 9.09. The van der Waals surface area contributed by atoms with E-state index in [0.29, 0.717) is 0 Å². The summed E-state index contributed by atoms with van der Waals surface area (Å²) in [4.78, 5) is 9.80. The van der Waals surface area contributed by atoms with Crippen molar-refractivity contribution in [3.63, 3.8) is 0 Å². The van der Waals surface area contributed by atoms with Gasteiger partial charge in [-0.15, -0.1) is 0 Å². The SMILES string of the molecule is O=C/C=C/CCCCCBr. The summed E-state index contributed by atoms with van der Waals surface area (Å²) in [7, 11) is 0. The molecule has 0 aromatic rings. The third-order valence-electron chi connectivity index (χ3n) is 1.22. The second kappa shape index (κ2) is 8.89. The molecule has 0 radical (unpaired) electrons. The van der Waals surface area contributed by atoms with E-state index >= 15 is 0 Å². The Labute approximate surface area is 70.6 Å². The Morgan fingerprint density at radius 2 is 2.00 bits per heavy atom. The van der Waals surface area contributed by atoms with E-state index in [9.17, 15) is 4.79 Å². The largest absolute Gasteiger partial charge is 0.299 e. The lowest BCUT2D eigenvalue weighted by Gasteiger charge is -1.91. The third kappa shape index (κ3) is 7.89. The van der Waals surface area contributed by atoms with Crippen LogP contribution < -0.4 is 0 Å². The number of rotatable bonds is 6. The first-order valence-electron chi connectivity index (χ1n) is 3.58. The molecular formula is C8H13BrO. The zero-order valence-corrected chi connectivity index (χ0v) is 7.64. The Hall–Kier alpha value is -0.110. The van der Waals surface area contributed by atoms with Crippen LogP contribution in [0.4, 0.5) is 0 Å². The van der Waals surface area contributed by atoms with Crippen LogP contribution in [-0.4, -0.2) is 11.6 Å². The number of alkyl halides is 1. The monoisotopic (exact) mass is 204 g/mol. The van der Waals surface area contributed by atoms with Gasteiger partial charge in [-0.05, 0) is 25.3 Å². The van der Waals surface area contributed by atoms with Crippen LogP contribution in [0.25, 0.3) is 0 Å². The minimum Gasteiger partial charge on any atom is -0.299 e. The van der Waals surface area contributed by atoms with Gasteiger partial charge in [0.05, 0.1) is 0 Å². The van der Waals surface area contributed by atoms with E-state index in [1.54, 1.807) is 6.08 Å². The molecule has 0 saturated heterocycles. The predicted molar refractivity (Wildman–Crippen MR) is 47.5 cm³/mol. The first-order valence-corrected chi connectivity index (χ1v) is 4.70. The molecule has 58 valence electrons. The molecule has 0 heterocycles. The van der Waals surface area contributed by atoms with Gasteiger partial charge in [-0.25, -0.2) is 0 Å². The van der Waals surface area contributed by atoms with Gasteiger partial charge >= 0.3 is 0 Å². The average Bonchev–Trinajstić information content (AvgIpc) is 1.97. The zero-order chi connectivity index (χ0) is 7.66. The van der Waals surface area contributed by atoms with E-state index < -0.39 is 0 Å². The van der Waals surface area contributed by atoms with E-state index in [0.717, 1.165) is 18.0 Å². The van der Waals surface area contributed by atoms with E-state index in [4.69, 9.17) is 0 Å². The highest BCUT2D eigenvalue weighted by atomic mass is 79.9. The van der Waals surface area contributed by atoms with E-state index in [1.165, 1.54) is 19.3 Å². The number of aldehydes is 1. The van der Waals surface area contributed by atoms with Gasteiger partial charge in [-0.3, -0.25) is 4.79 Å². The number of unbranched alkanes of at least 4 members (excludes halogenated alkanes) is 3. The number of carbonyl (C=O) groups excluding carboxylic acids is 1. The second-order valence-electron chi connectivity index (χ2n) is 2.10. The molecule has 0 aliphatic rings. The highest BCUT2D eigenvalue weighted by Crippen LogP contribution is 2.01. The summed E-state index contributed by atoms with van der Waals surface area (Å²) in [6, 6.07) is 0. The fraction of sp³-hybridized carbons (Fsp3) is 0.625. The lowest BCUT2D eigenvalue weighted by atomic mass is 10.2. The molecule has 0 aliphatic heterocycles. The van der Waals surface area contributed by atoms with Crippen LogP contribution in [-0.2, 0) is 4.79 Å². The van der Waals surface area contributed by atoms with Gasteiger partial charge < -0.3 is 0 Å². The van der Waals surface area contributed by atoms with E-state index in [-0.39, 0.29) is 0 Å². The van der Waals surface area contributed by atoms with Gasteiger partial charge in [-0.1, -0.05) is 28.4 Å². The molecule has 0 bridgehead atoms. The van der Waals surface area contributed by atoms with E-state index in [1.807, 2.05) is 6.08 Å². The van der Waals surface area contributed by atoms with Gasteiger partial charge in [0.15, 0.2) is 0 Å². The van der Waals surface area contributed by atoms with Crippen molar-refractivity contribution in [3.8, 4) is 0 Å². The van der Waals surface area contributed by atoms with Gasteiger partial charge in [-0.2, -0.15) is 0 Å². The fourth-order valence-corrected chi connectivity index (χ4v) is 1.08. The van der Waals surface area contributed by atoms with Crippen LogP contribution in [0.5, 0.6) is 0 Å². The van der Waals surface area contributed by atoms with Crippen molar-refractivity contribution in [1.82, 2.24) is 0 Å². The molecular weight excluding hydrogens is 192 g/mol. The zero-order valence-electron chi connectivity index (χ0n) is 6.05. The molecule has 0 unspecified atom stereocenters. The molecule has 0 spiro atoms. The molecule has 10 heavy (non-hydrogen) atoms. The topological polar surface area (TPSA) is 17.1 Å². The van der Waals surface area contributed by atoms with Crippen LogP contribution in [0.2, 0.25) is 0 Å². The number of carbonyl (C=O) groups is 1. The third-order valence-corrected chi connectivity index (χ3v) is 1.78. The molecule has 0 aromatic carbocycles. The minimum atomic E-state index is 0.824. The first-order chi connectivity index (χ1) is 4.91. The average molecular weight is 205 g/mol. The van der Waals surface area contributed by atoms with Crippen molar-refractivity contribution in [2.45, 2.75) is 25.7 Å². The molecule has 0 fully saturated rings. The lowest BCUT2D eigenvalue weighted by molar-refractivity contribution is -0.104. The molecule has 0 N–H and O–H groups in total.